The van der Waals surface area contributed by atoms with E-state index < -0.39 is 0 Å². The van der Waals surface area contributed by atoms with Crippen molar-refractivity contribution in [1.29, 1.82) is 0 Å². The van der Waals surface area contributed by atoms with Gasteiger partial charge in [-0.25, -0.2) is 0 Å². The van der Waals surface area contributed by atoms with Gasteiger partial charge in [0.1, 0.15) is 5.75 Å². The summed E-state index contributed by atoms with van der Waals surface area (Å²) in [6.07, 6.45) is 1.01. The molecule has 1 atom stereocenters. The lowest BCUT2D eigenvalue weighted by Crippen LogP contribution is -2.27. The summed E-state index contributed by atoms with van der Waals surface area (Å²) in [5, 5.41) is 12.9. The maximum atomic E-state index is 9.45. The minimum Gasteiger partial charge on any atom is -0.507 e. The number of rotatable bonds is 5. The molecule has 2 nitrogen and oxygen atoms in total. The second kappa shape index (κ2) is 6.73. The molecule has 0 aliphatic rings. The largest absolute Gasteiger partial charge is 0.507 e. The van der Waals surface area contributed by atoms with E-state index in [1.807, 2.05) is 18.2 Å². The Balaban J connectivity index is 1.86. The Labute approximate surface area is 122 Å². The molecule has 0 heterocycles. The van der Waals surface area contributed by atoms with E-state index in [2.05, 4.69) is 52.4 Å². The summed E-state index contributed by atoms with van der Waals surface area (Å²) >= 11 is 3.33. The van der Waals surface area contributed by atoms with E-state index in [-0.39, 0.29) is 5.75 Å². The highest BCUT2D eigenvalue weighted by Gasteiger charge is 2.04. The molecule has 0 aliphatic heterocycles. The highest BCUT2D eigenvalue weighted by atomic mass is 79.9. The Bertz CT molecular complexity index is 528. The molecule has 0 spiro atoms. The number of phenolic OH excluding ortho intramolecular Hbond substituents is 1. The van der Waals surface area contributed by atoms with Crippen molar-refractivity contribution in [3.8, 4) is 5.75 Å². The van der Waals surface area contributed by atoms with E-state index in [1.165, 1.54) is 5.56 Å². The quantitative estimate of drug-likeness (QED) is 0.876. The molecule has 0 saturated carbocycles. The number of phenols is 1. The van der Waals surface area contributed by atoms with Gasteiger partial charge in [0.15, 0.2) is 0 Å². The van der Waals surface area contributed by atoms with Crippen LogP contribution in [-0.4, -0.2) is 11.1 Å². The van der Waals surface area contributed by atoms with Gasteiger partial charge in [0.2, 0.25) is 0 Å². The van der Waals surface area contributed by atoms with Crippen LogP contribution in [-0.2, 0) is 13.0 Å². The van der Waals surface area contributed by atoms with Crippen molar-refractivity contribution in [2.45, 2.75) is 25.9 Å². The third-order valence-corrected chi connectivity index (χ3v) is 3.69. The van der Waals surface area contributed by atoms with Crippen LogP contribution in [0.25, 0.3) is 0 Å². The fraction of sp³-hybridized carbons (Fsp3) is 0.250. The predicted octanol–water partition coefficient (Wildman–Crippen LogP) is 3.88. The second-order valence-electron chi connectivity index (χ2n) is 4.76. The first-order chi connectivity index (χ1) is 9.15. The normalized spacial score (nSPS) is 12.3. The first-order valence-corrected chi connectivity index (χ1v) is 7.19. The second-order valence-corrected chi connectivity index (χ2v) is 5.61. The summed E-state index contributed by atoms with van der Waals surface area (Å²) in [5.41, 5.74) is 2.50. The van der Waals surface area contributed by atoms with Gasteiger partial charge >= 0.3 is 0 Å². The molecule has 0 aromatic heterocycles. The number of hydrogen-bond donors (Lipinski definition) is 2. The molecular weight excluding hydrogens is 302 g/mol. The smallest absolute Gasteiger partial charge is 0.129 e. The highest BCUT2D eigenvalue weighted by molar-refractivity contribution is 9.10. The van der Waals surface area contributed by atoms with Gasteiger partial charge in [0.25, 0.3) is 0 Å². The summed E-state index contributed by atoms with van der Waals surface area (Å²) < 4.78 is 0.738. The molecule has 1 unspecified atom stereocenters. The summed E-state index contributed by atoms with van der Waals surface area (Å²) in [7, 11) is 0. The van der Waals surface area contributed by atoms with Crippen molar-refractivity contribution in [1.82, 2.24) is 5.32 Å². The molecule has 0 aliphatic carbocycles. The van der Waals surface area contributed by atoms with Gasteiger partial charge in [0.05, 0.1) is 4.47 Å². The van der Waals surface area contributed by atoms with Crippen molar-refractivity contribution in [3.63, 3.8) is 0 Å². The topological polar surface area (TPSA) is 32.3 Å². The van der Waals surface area contributed by atoms with E-state index in [0.29, 0.717) is 6.04 Å². The first kappa shape index (κ1) is 14.1. The highest BCUT2D eigenvalue weighted by Crippen LogP contribution is 2.24. The Kier molecular flexibility index (Phi) is 5.00. The summed E-state index contributed by atoms with van der Waals surface area (Å²) in [4.78, 5) is 0. The number of hydrogen-bond acceptors (Lipinski definition) is 2. The maximum absolute atomic E-state index is 9.45. The van der Waals surface area contributed by atoms with Crippen molar-refractivity contribution < 1.29 is 5.11 Å². The average Bonchev–Trinajstić information content (AvgIpc) is 2.41. The summed E-state index contributed by atoms with van der Waals surface area (Å²) in [6.45, 7) is 2.98. The predicted molar refractivity (Wildman–Crippen MR) is 82.3 cm³/mol. The standard InChI is InChI=1S/C16H18BrNO/c1-12(9-13-5-3-2-4-6-13)18-11-14-7-8-16(19)15(17)10-14/h2-8,10,12,18-19H,9,11H2,1H3. The fourth-order valence-electron chi connectivity index (χ4n) is 1.99. The van der Waals surface area contributed by atoms with Gasteiger partial charge in [-0.1, -0.05) is 36.4 Å². The fourth-order valence-corrected chi connectivity index (χ4v) is 2.42. The van der Waals surface area contributed by atoms with Gasteiger partial charge in [-0.2, -0.15) is 0 Å². The van der Waals surface area contributed by atoms with Crippen LogP contribution in [0.15, 0.2) is 53.0 Å². The van der Waals surface area contributed by atoms with Crippen LogP contribution in [0.2, 0.25) is 0 Å². The Morgan fingerprint density at radius 1 is 1.11 bits per heavy atom. The number of aromatic hydroxyl groups is 1. The Morgan fingerprint density at radius 3 is 2.53 bits per heavy atom. The maximum Gasteiger partial charge on any atom is 0.129 e. The van der Waals surface area contributed by atoms with E-state index >= 15 is 0 Å². The van der Waals surface area contributed by atoms with Crippen molar-refractivity contribution in [2.75, 3.05) is 0 Å². The number of benzene rings is 2. The lowest BCUT2D eigenvalue weighted by molar-refractivity contribution is 0.471. The number of nitrogens with one attached hydrogen (secondary N) is 1. The van der Waals surface area contributed by atoms with Crippen molar-refractivity contribution in [3.05, 3.63) is 64.1 Å². The Morgan fingerprint density at radius 2 is 1.84 bits per heavy atom. The van der Waals surface area contributed by atoms with Crippen LogP contribution in [0.1, 0.15) is 18.1 Å². The minimum atomic E-state index is 0.279. The van der Waals surface area contributed by atoms with Gasteiger partial charge in [0, 0.05) is 12.6 Å². The van der Waals surface area contributed by atoms with Crippen LogP contribution in [0.5, 0.6) is 5.75 Å². The van der Waals surface area contributed by atoms with Crippen molar-refractivity contribution in [2.24, 2.45) is 0 Å². The number of halogens is 1. The zero-order chi connectivity index (χ0) is 13.7. The zero-order valence-electron chi connectivity index (χ0n) is 10.9. The molecule has 0 saturated heterocycles. The lowest BCUT2D eigenvalue weighted by Gasteiger charge is -2.14. The Hall–Kier alpha value is -1.32. The summed E-state index contributed by atoms with van der Waals surface area (Å²) in [5.74, 6) is 0.279. The van der Waals surface area contributed by atoms with Crippen LogP contribution >= 0.6 is 15.9 Å². The SMILES string of the molecule is CC(Cc1ccccc1)NCc1ccc(O)c(Br)c1. The van der Waals surface area contributed by atoms with Gasteiger partial charge in [-0.15, -0.1) is 0 Å². The van der Waals surface area contributed by atoms with E-state index in [0.717, 1.165) is 23.0 Å². The third-order valence-electron chi connectivity index (χ3n) is 3.05. The molecule has 0 radical (unpaired) electrons. The molecule has 19 heavy (non-hydrogen) atoms. The molecule has 100 valence electrons. The van der Waals surface area contributed by atoms with E-state index in [1.54, 1.807) is 6.07 Å². The molecule has 2 aromatic rings. The van der Waals surface area contributed by atoms with Crippen LogP contribution in [0.4, 0.5) is 0 Å². The zero-order valence-corrected chi connectivity index (χ0v) is 12.5. The molecule has 2 aromatic carbocycles. The molecule has 3 heteroatoms. The molecule has 0 bridgehead atoms. The molecular formula is C16H18BrNO. The molecule has 2 N–H and O–H groups in total. The molecule has 0 amide bonds. The molecule has 2 rings (SSSR count). The molecule has 0 fully saturated rings. The average molecular weight is 320 g/mol. The monoisotopic (exact) mass is 319 g/mol. The van der Waals surface area contributed by atoms with Crippen LogP contribution < -0.4 is 5.32 Å². The van der Waals surface area contributed by atoms with E-state index in [9.17, 15) is 5.11 Å². The summed E-state index contributed by atoms with van der Waals surface area (Å²) in [6, 6.07) is 16.5. The first-order valence-electron chi connectivity index (χ1n) is 6.40. The van der Waals surface area contributed by atoms with Gasteiger partial charge < -0.3 is 10.4 Å². The third kappa shape index (κ3) is 4.37. The lowest BCUT2D eigenvalue weighted by atomic mass is 10.1. The van der Waals surface area contributed by atoms with Gasteiger partial charge in [-0.3, -0.25) is 0 Å². The van der Waals surface area contributed by atoms with Crippen LogP contribution in [0.3, 0.4) is 0 Å². The van der Waals surface area contributed by atoms with E-state index in [4.69, 9.17) is 0 Å². The van der Waals surface area contributed by atoms with Crippen molar-refractivity contribution >= 4 is 15.9 Å². The minimum absolute atomic E-state index is 0.279. The van der Waals surface area contributed by atoms with Gasteiger partial charge in [-0.05, 0) is 52.5 Å². The van der Waals surface area contributed by atoms with Crippen LogP contribution in [0, 0.1) is 0 Å².